The second kappa shape index (κ2) is 5.99. The predicted octanol–water partition coefficient (Wildman–Crippen LogP) is 2.36. The Morgan fingerprint density at radius 1 is 1.25 bits per heavy atom. The van der Waals surface area contributed by atoms with Crippen LogP contribution in [-0.4, -0.2) is 36.8 Å². The van der Waals surface area contributed by atoms with E-state index in [2.05, 4.69) is 15.9 Å². The van der Waals surface area contributed by atoms with Gasteiger partial charge < -0.3 is 19.0 Å². The van der Waals surface area contributed by atoms with Gasteiger partial charge in [0.2, 0.25) is 0 Å². The summed E-state index contributed by atoms with van der Waals surface area (Å²) < 4.78 is 15.9. The van der Waals surface area contributed by atoms with E-state index in [-0.39, 0.29) is 5.92 Å². The van der Waals surface area contributed by atoms with Crippen molar-refractivity contribution in [1.82, 2.24) is 0 Å². The molecule has 0 fully saturated rings. The summed E-state index contributed by atoms with van der Waals surface area (Å²) in [7, 11) is 4.47. The van der Waals surface area contributed by atoms with Crippen molar-refractivity contribution in [1.29, 1.82) is 0 Å². The number of halogens is 1. The summed E-state index contributed by atoms with van der Waals surface area (Å²) in [6.07, 6.45) is 0.353. The van der Waals surface area contributed by atoms with Crippen molar-refractivity contribution in [2.75, 3.05) is 21.3 Å². The van der Waals surface area contributed by atoms with Gasteiger partial charge in [0.15, 0.2) is 0 Å². The van der Waals surface area contributed by atoms with Gasteiger partial charge in [0.25, 0.3) is 10.6 Å². The third-order valence-electron chi connectivity index (χ3n) is 3.28. The molecule has 0 aliphatic carbocycles. The third kappa shape index (κ3) is 2.74. The van der Waals surface area contributed by atoms with Gasteiger partial charge in [0, 0.05) is 36.6 Å². The van der Waals surface area contributed by atoms with Gasteiger partial charge >= 0.3 is 0 Å². The number of hydrogen-bond donors (Lipinski definition) is 0. The van der Waals surface area contributed by atoms with Crippen molar-refractivity contribution in [3.63, 3.8) is 0 Å². The Balaban J connectivity index is 2.35. The van der Waals surface area contributed by atoms with Crippen LogP contribution in [0.1, 0.15) is 17.9 Å². The fraction of sp³-hybridized carbons (Fsp3) is 0.462. The van der Waals surface area contributed by atoms with Crippen molar-refractivity contribution in [3.05, 3.63) is 35.0 Å². The van der Waals surface area contributed by atoms with E-state index in [4.69, 9.17) is 19.0 Å². The van der Waals surface area contributed by atoms with E-state index in [0.29, 0.717) is 15.9 Å². The topological polar surface area (TPSA) is 63.0 Å². The first-order valence-corrected chi connectivity index (χ1v) is 6.77. The second-order valence-corrected chi connectivity index (χ2v) is 5.10. The Kier molecular flexibility index (Phi) is 4.52. The molecule has 1 aliphatic rings. The van der Waals surface area contributed by atoms with E-state index in [9.17, 15) is 5.21 Å². The van der Waals surface area contributed by atoms with Crippen LogP contribution in [0.15, 0.2) is 24.3 Å². The maximum atomic E-state index is 11.9. The van der Waals surface area contributed by atoms with Crippen molar-refractivity contribution < 1.29 is 24.0 Å². The predicted molar refractivity (Wildman–Crippen MR) is 75.7 cm³/mol. The molecule has 0 aromatic heterocycles. The number of methoxy groups -OCH3 is 3. The third-order valence-corrected chi connectivity index (χ3v) is 4.12. The number of nitrogens with zero attached hydrogens (tertiary/aromatic N) is 1. The number of hydrogen-bond acceptors (Lipinski definition) is 5. The highest BCUT2D eigenvalue weighted by atomic mass is 79.9. The maximum absolute atomic E-state index is 11.9. The van der Waals surface area contributed by atoms with E-state index in [1.807, 2.05) is 24.3 Å². The van der Waals surface area contributed by atoms with Crippen LogP contribution in [0, 0.1) is 5.21 Å². The molecule has 6 nitrogen and oxygen atoms in total. The lowest BCUT2D eigenvalue weighted by Gasteiger charge is -2.37. The first-order valence-electron chi connectivity index (χ1n) is 5.98. The van der Waals surface area contributed by atoms with Crippen LogP contribution in [0.25, 0.3) is 0 Å². The highest BCUT2D eigenvalue weighted by molar-refractivity contribution is 9.18. The van der Waals surface area contributed by atoms with Gasteiger partial charge in [-0.05, 0) is 17.7 Å². The van der Waals surface area contributed by atoms with Crippen LogP contribution in [0.3, 0.4) is 0 Å². The average molecular weight is 346 g/mol. The summed E-state index contributed by atoms with van der Waals surface area (Å²) in [6, 6.07) is 7.45. The summed E-state index contributed by atoms with van der Waals surface area (Å²) in [4.78, 5) is 5.49. The minimum Gasteiger partial charge on any atom is -0.497 e. The molecule has 0 saturated heterocycles. The molecule has 0 amide bonds. The standard InChI is InChI=1S/C13H16BrNO5/c1-17-10-6-4-9(5-7-10)11-8-13(18-2,19-3)20-15(16)12(11)14/h4-7,11H,8H2,1-3H3/t11-/m1/s1. The van der Waals surface area contributed by atoms with Gasteiger partial charge in [0.05, 0.1) is 17.9 Å². The van der Waals surface area contributed by atoms with Gasteiger partial charge in [-0.1, -0.05) is 12.1 Å². The maximum Gasteiger partial charge on any atom is 0.294 e. The number of rotatable bonds is 4. The highest BCUT2D eigenvalue weighted by Gasteiger charge is 2.44. The zero-order valence-electron chi connectivity index (χ0n) is 11.5. The van der Waals surface area contributed by atoms with E-state index >= 15 is 0 Å². The molecular weight excluding hydrogens is 330 g/mol. The van der Waals surface area contributed by atoms with Crippen molar-refractivity contribution >= 4 is 20.6 Å². The van der Waals surface area contributed by atoms with Crippen LogP contribution in [0.5, 0.6) is 5.75 Å². The smallest absolute Gasteiger partial charge is 0.294 e. The Morgan fingerprint density at radius 2 is 1.85 bits per heavy atom. The minimum absolute atomic E-state index is 0.230. The average Bonchev–Trinajstić information content (AvgIpc) is 2.50. The molecule has 7 heteroatoms. The molecule has 0 unspecified atom stereocenters. The normalized spacial score (nSPS) is 21.5. The SMILES string of the molecule is COc1ccc([C@H]2CC(OC)(OC)O[N+]([O-])=C2Br)cc1. The lowest BCUT2D eigenvalue weighted by atomic mass is 9.95. The lowest BCUT2D eigenvalue weighted by molar-refractivity contribution is -0.806. The molecule has 0 spiro atoms. The Labute approximate surface area is 125 Å². The molecule has 1 aromatic carbocycles. The lowest BCUT2D eigenvalue weighted by Crippen LogP contribution is -2.46. The van der Waals surface area contributed by atoms with Gasteiger partial charge in [0.1, 0.15) is 5.75 Å². The van der Waals surface area contributed by atoms with Crippen molar-refractivity contribution in [3.8, 4) is 5.75 Å². The molecule has 1 heterocycles. The largest absolute Gasteiger partial charge is 0.497 e. The van der Waals surface area contributed by atoms with Gasteiger partial charge in [-0.15, -0.1) is 0 Å². The second-order valence-electron chi connectivity index (χ2n) is 4.29. The summed E-state index contributed by atoms with van der Waals surface area (Å²) in [5, 5.41) is 11.9. The fourth-order valence-electron chi connectivity index (χ4n) is 2.08. The van der Waals surface area contributed by atoms with E-state index in [0.717, 1.165) is 11.3 Å². The minimum atomic E-state index is -1.39. The van der Waals surface area contributed by atoms with Crippen molar-refractivity contribution in [2.45, 2.75) is 18.3 Å². The fourth-order valence-corrected chi connectivity index (χ4v) is 2.58. The Morgan fingerprint density at radius 3 is 2.35 bits per heavy atom. The summed E-state index contributed by atoms with van der Waals surface area (Å²) >= 11 is 3.27. The van der Waals surface area contributed by atoms with Crippen LogP contribution in [0.2, 0.25) is 0 Å². The quantitative estimate of drug-likeness (QED) is 0.619. The molecular formula is C13H16BrNO5. The monoisotopic (exact) mass is 345 g/mol. The Bertz CT molecular complexity index is 498. The Hall–Kier alpha value is -1.31. The molecule has 0 N–H and O–H groups in total. The molecule has 0 bridgehead atoms. The molecule has 1 atom stereocenters. The first kappa shape index (κ1) is 15.1. The summed E-state index contributed by atoms with van der Waals surface area (Å²) in [5.74, 6) is -0.864. The molecule has 0 radical (unpaired) electrons. The van der Waals surface area contributed by atoms with Gasteiger partial charge in [-0.25, -0.2) is 0 Å². The van der Waals surface area contributed by atoms with Crippen LogP contribution in [-0.2, 0) is 14.3 Å². The van der Waals surface area contributed by atoms with E-state index in [1.54, 1.807) is 7.11 Å². The molecule has 1 aliphatic heterocycles. The number of benzene rings is 1. The van der Waals surface area contributed by atoms with E-state index < -0.39 is 5.97 Å². The zero-order chi connectivity index (χ0) is 14.8. The summed E-state index contributed by atoms with van der Waals surface area (Å²) in [6.45, 7) is 0. The molecule has 20 heavy (non-hydrogen) atoms. The van der Waals surface area contributed by atoms with Crippen LogP contribution < -0.4 is 4.74 Å². The highest BCUT2D eigenvalue weighted by Crippen LogP contribution is 2.37. The molecule has 1 aromatic rings. The molecule has 110 valence electrons. The van der Waals surface area contributed by atoms with Gasteiger partial charge in [-0.2, -0.15) is 0 Å². The van der Waals surface area contributed by atoms with E-state index in [1.165, 1.54) is 14.2 Å². The zero-order valence-corrected chi connectivity index (χ0v) is 13.0. The molecule has 2 rings (SSSR count). The number of ether oxygens (including phenoxy) is 3. The van der Waals surface area contributed by atoms with Crippen molar-refractivity contribution in [2.24, 2.45) is 0 Å². The van der Waals surface area contributed by atoms with Crippen LogP contribution >= 0.6 is 15.9 Å². The van der Waals surface area contributed by atoms with Crippen LogP contribution in [0.4, 0.5) is 0 Å². The first-order chi connectivity index (χ1) is 9.55. The molecule has 0 saturated carbocycles. The van der Waals surface area contributed by atoms with Gasteiger partial charge in [-0.3, -0.25) is 5.21 Å². The summed E-state index contributed by atoms with van der Waals surface area (Å²) in [5.41, 5.74) is 0.931.